The van der Waals surface area contributed by atoms with Crippen molar-refractivity contribution in [3.05, 3.63) is 39.8 Å². The van der Waals surface area contributed by atoms with Crippen molar-refractivity contribution in [2.45, 2.75) is 46.5 Å². The maximum atomic E-state index is 11.9. The molecule has 3 aromatic heterocycles. The molecule has 0 bridgehead atoms. The van der Waals surface area contributed by atoms with Gasteiger partial charge >= 0.3 is 0 Å². The summed E-state index contributed by atoms with van der Waals surface area (Å²) in [6, 6.07) is 5.38. The first kappa shape index (κ1) is 19.1. The van der Waals surface area contributed by atoms with Crippen LogP contribution >= 0.6 is 11.3 Å². The number of hydrogen-bond donors (Lipinski definition) is 0. The summed E-state index contributed by atoms with van der Waals surface area (Å²) in [7, 11) is 1.68. The van der Waals surface area contributed by atoms with Gasteiger partial charge in [0.05, 0.1) is 4.88 Å². The minimum Gasteiger partial charge on any atom is -0.300 e. The molecule has 0 atom stereocenters. The highest BCUT2D eigenvalue weighted by atomic mass is 32.1. The van der Waals surface area contributed by atoms with Crippen molar-refractivity contribution in [2.24, 2.45) is 7.05 Å². The highest BCUT2D eigenvalue weighted by Crippen LogP contribution is 2.22. The number of carbonyl (C=O) groups is 1. The second-order valence-electron chi connectivity index (χ2n) is 5.41. The average molecular weight is 360 g/mol. The van der Waals surface area contributed by atoms with Crippen molar-refractivity contribution < 1.29 is 4.79 Å². The Hall–Kier alpha value is -2.28. The predicted octanol–water partition coefficient (Wildman–Crippen LogP) is 3.48. The maximum Gasteiger partial charge on any atom is 0.269 e. The van der Waals surface area contributed by atoms with Crippen LogP contribution in [0.25, 0.3) is 16.3 Å². The Morgan fingerprint density at radius 2 is 2.00 bits per heavy atom. The molecular weight excluding hydrogens is 336 g/mol. The quantitative estimate of drug-likeness (QED) is 0.675. The van der Waals surface area contributed by atoms with E-state index in [1.54, 1.807) is 22.9 Å². The van der Waals surface area contributed by atoms with Crippen LogP contribution < -0.4 is 5.56 Å². The Kier molecular flexibility index (Phi) is 6.64. The van der Waals surface area contributed by atoms with Crippen molar-refractivity contribution in [1.29, 1.82) is 0 Å². The van der Waals surface area contributed by atoms with Crippen molar-refractivity contribution in [3.8, 4) is 10.7 Å². The van der Waals surface area contributed by atoms with E-state index in [4.69, 9.17) is 0 Å². The van der Waals surface area contributed by atoms with Crippen LogP contribution in [-0.4, -0.2) is 24.9 Å². The van der Waals surface area contributed by atoms with Gasteiger partial charge in [0.1, 0.15) is 11.6 Å². The summed E-state index contributed by atoms with van der Waals surface area (Å²) in [4.78, 5) is 33.8. The zero-order chi connectivity index (χ0) is 18.4. The van der Waals surface area contributed by atoms with Gasteiger partial charge in [-0.15, -0.1) is 11.3 Å². The van der Waals surface area contributed by atoms with E-state index in [0.717, 1.165) is 11.3 Å². The van der Waals surface area contributed by atoms with Crippen LogP contribution in [0, 0.1) is 0 Å². The first-order valence-corrected chi connectivity index (χ1v) is 9.49. The van der Waals surface area contributed by atoms with Crippen LogP contribution in [0.3, 0.4) is 0 Å². The highest BCUT2D eigenvalue weighted by molar-refractivity contribution is 7.13. The zero-order valence-corrected chi connectivity index (χ0v) is 16.0. The minimum atomic E-state index is -0.135. The molecule has 0 aliphatic carbocycles. The van der Waals surface area contributed by atoms with Crippen LogP contribution in [-0.2, 0) is 18.3 Å². The topological polar surface area (TPSA) is 69.3 Å². The lowest BCUT2D eigenvalue weighted by molar-refractivity contribution is -0.119. The second-order valence-corrected chi connectivity index (χ2v) is 6.35. The molecule has 0 radical (unpaired) electrons. The van der Waals surface area contributed by atoms with Crippen LogP contribution in [0.2, 0.25) is 0 Å². The van der Waals surface area contributed by atoms with Crippen molar-refractivity contribution >= 4 is 22.8 Å². The predicted molar refractivity (Wildman–Crippen MR) is 101 cm³/mol. The molecule has 25 heavy (non-hydrogen) atoms. The Morgan fingerprint density at radius 1 is 1.24 bits per heavy atom. The molecule has 3 aromatic rings. The number of rotatable bonds is 6. The van der Waals surface area contributed by atoms with E-state index in [0.29, 0.717) is 36.6 Å². The third-order valence-corrected chi connectivity index (χ3v) is 4.55. The normalized spacial score (nSPS) is 10.6. The van der Waals surface area contributed by atoms with Crippen LogP contribution in [0.5, 0.6) is 0 Å². The van der Waals surface area contributed by atoms with E-state index in [1.165, 1.54) is 10.7 Å². The summed E-state index contributed by atoms with van der Waals surface area (Å²) in [5.41, 5.74) is 0.428. The lowest BCUT2D eigenvalue weighted by Gasteiger charge is -2.09. The van der Waals surface area contributed by atoms with Gasteiger partial charge in [0, 0.05) is 32.4 Å². The van der Waals surface area contributed by atoms with Gasteiger partial charge in [-0.25, -0.2) is 19.2 Å². The molecule has 0 amide bonds. The van der Waals surface area contributed by atoms with E-state index in [-0.39, 0.29) is 11.3 Å². The van der Waals surface area contributed by atoms with Crippen molar-refractivity contribution in [2.75, 3.05) is 0 Å². The van der Waals surface area contributed by atoms with Gasteiger partial charge in [0.25, 0.3) is 5.56 Å². The number of nitrogens with zero attached hydrogens (tertiary/aromatic N) is 4. The Bertz CT molecular complexity index is 894. The van der Waals surface area contributed by atoms with E-state index >= 15 is 0 Å². The number of aromatic nitrogens is 4. The largest absolute Gasteiger partial charge is 0.300 e. The molecule has 0 unspecified atom stereocenters. The summed E-state index contributed by atoms with van der Waals surface area (Å²) in [5.74, 6) is 1.50. The number of carbonyl (C=O) groups excluding carboxylic acids is 1. The maximum absolute atomic E-state index is 11.9. The second kappa shape index (κ2) is 8.71. The molecule has 7 heteroatoms. The molecule has 0 aliphatic rings. The molecule has 0 fully saturated rings. The number of fused-ring (bicyclic) bond motifs is 1. The lowest BCUT2D eigenvalue weighted by atomic mass is 10.1. The van der Waals surface area contributed by atoms with Gasteiger partial charge < -0.3 is 0 Å². The smallest absolute Gasteiger partial charge is 0.269 e. The number of Topliss-reactive ketones (excluding diaryl/α,β-unsaturated/α-hetero) is 1. The Balaban J connectivity index is 0.00000109. The fourth-order valence-electron chi connectivity index (χ4n) is 2.54. The molecule has 0 saturated carbocycles. The molecule has 3 heterocycles. The first-order chi connectivity index (χ1) is 12.1. The standard InChI is InChI=1S/C16H18N4O2S.C2H6/c1-3-5-11(21)7-8-13-17-16(12-6-4-9-23-12)18-14-10-15(22)19(2)20(13)14;1-2/h4,6,9-10H,3,5,7-8H2,1-2H3;1-2H3. The first-order valence-electron chi connectivity index (χ1n) is 8.61. The Labute approximate surface area is 151 Å². The molecule has 0 N–H and O–H groups in total. The SMILES string of the molecule is CC.CCCC(=O)CCc1nc(-c2cccs2)nc2cc(=O)n(C)n12. The van der Waals surface area contributed by atoms with E-state index in [1.807, 2.05) is 38.3 Å². The van der Waals surface area contributed by atoms with Gasteiger partial charge in [0.2, 0.25) is 0 Å². The summed E-state index contributed by atoms with van der Waals surface area (Å²) in [6.45, 7) is 5.99. The zero-order valence-electron chi connectivity index (χ0n) is 15.2. The van der Waals surface area contributed by atoms with Gasteiger partial charge in [-0.05, 0) is 17.9 Å². The van der Waals surface area contributed by atoms with Gasteiger partial charge in [-0.1, -0.05) is 26.8 Å². The number of ketones is 1. The fourth-order valence-corrected chi connectivity index (χ4v) is 3.20. The molecule has 6 nitrogen and oxygen atoms in total. The monoisotopic (exact) mass is 360 g/mol. The molecule has 3 rings (SSSR count). The fraction of sp³-hybridized carbons (Fsp3) is 0.444. The summed E-state index contributed by atoms with van der Waals surface area (Å²) in [6.07, 6.45) is 2.35. The lowest BCUT2D eigenvalue weighted by Crippen LogP contribution is -2.18. The van der Waals surface area contributed by atoms with Crippen LogP contribution in [0.4, 0.5) is 0 Å². The molecule has 0 saturated heterocycles. The summed E-state index contributed by atoms with van der Waals surface area (Å²) >= 11 is 1.55. The van der Waals surface area contributed by atoms with Gasteiger partial charge in [-0.2, -0.15) is 0 Å². The van der Waals surface area contributed by atoms with Gasteiger partial charge in [0.15, 0.2) is 11.5 Å². The van der Waals surface area contributed by atoms with Crippen molar-refractivity contribution in [3.63, 3.8) is 0 Å². The van der Waals surface area contributed by atoms with Crippen LogP contribution in [0.15, 0.2) is 28.4 Å². The van der Waals surface area contributed by atoms with E-state index in [2.05, 4.69) is 9.97 Å². The molecule has 0 spiro atoms. The average Bonchev–Trinajstić information content (AvgIpc) is 3.24. The Morgan fingerprint density at radius 3 is 2.64 bits per heavy atom. The minimum absolute atomic E-state index is 0.135. The summed E-state index contributed by atoms with van der Waals surface area (Å²) in [5, 5.41) is 1.96. The van der Waals surface area contributed by atoms with Gasteiger partial charge in [-0.3, -0.25) is 9.59 Å². The van der Waals surface area contributed by atoms with Crippen molar-refractivity contribution in [1.82, 2.24) is 19.2 Å². The van der Waals surface area contributed by atoms with E-state index < -0.39 is 0 Å². The molecule has 134 valence electrons. The molecular formula is C18H24N4O2S. The number of aryl methyl sites for hydroxylation is 2. The number of thiophene rings is 1. The third-order valence-electron chi connectivity index (χ3n) is 3.69. The third kappa shape index (κ3) is 4.22. The van der Waals surface area contributed by atoms with E-state index in [9.17, 15) is 9.59 Å². The summed E-state index contributed by atoms with van der Waals surface area (Å²) < 4.78 is 3.17. The highest BCUT2D eigenvalue weighted by Gasteiger charge is 2.14. The van der Waals surface area contributed by atoms with Crippen LogP contribution in [0.1, 0.15) is 45.9 Å². The number of hydrogen-bond acceptors (Lipinski definition) is 5. The molecule has 0 aliphatic heterocycles. The molecule has 0 aromatic carbocycles.